The molecule has 1 unspecified atom stereocenters. The number of carbonyl (C=O) groups is 1. The van der Waals surface area contributed by atoms with Crippen molar-refractivity contribution < 1.29 is 13.9 Å². The number of nitrogens with zero attached hydrogens (tertiary/aromatic N) is 4. The molecule has 8 nitrogen and oxygen atoms in total. The molecule has 2 N–H and O–H groups in total. The van der Waals surface area contributed by atoms with Gasteiger partial charge in [0.05, 0.1) is 28.9 Å². The number of furan rings is 1. The third-order valence-corrected chi connectivity index (χ3v) is 5.75. The zero-order valence-electron chi connectivity index (χ0n) is 16.7. The molecule has 0 bridgehead atoms. The van der Waals surface area contributed by atoms with Gasteiger partial charge in [-0.3, -0.25) is 0 Å². The van der Waals surface area contributed by atoms with Crippen LogP contribution in [0, 0.1) is 0 Å². The Bertz CT molecular complexity index is 1040. The van der Waals surface area contributed by atoms with Crippen molar-refractivity contribution >= 4 is 33.5 Å². The third kappa shape index (κ3) is 3.83. The van der Waals surface area contributed by atoms with Gasteiger partial charge in [0, 0.05) is 30.1 Å². The summed E-state index contributed by atoms with van der Waals surface area (Å²) in [5.41, 5.74) is 9.06. The fraction of sp³-hybridized carbons (Fsp3) is 0.450. The standard InChI is InChI=1S/C20H24BrN5O3/c1-20(2,3)29-19(27)25-7-4-5-12(10-25)16-15(21)17(22)26-18(24-16)14(9-23-26)13-6-8-28-11-13/h6,8-9,11-12H,4-5,7,10,22H2,1-3H3. The first kappa shape index (κ1) is 19.8. The van der Waals surface area contributed by atoms with Gasteiger partial charge in [0.1, 0.15) is 11.4 Å². The van der Waals surface area contributed by atoms with Crippen LogP contribution in [0.5, 0.6) is 0 Å². The van der Waals surface area contributed by atoms with E-state index < -0.39 is 5.60 Å². The van der Waals surface area contributed by atoms with Crippen LogP contribution in [0.4, 0.5) is 10.6 Å². The third-order valence-electron chi connectivity index (χ3n) is 4.94. The van der Waals surface area contributed by atoms with E-state index in [4.69, 9.17) is 19.9 Å². The second kappa shape index (κ2) is 7.37. The molecule has 1 aliphatic rings. The molecule has 9 heteroatoms. The molecule has 1 fully saturated rings. The number of nitrogens with two attached hydrogens (primary N) is 1. The van der Waals surface area contributed by atoms with E-state index >= 15 is 0 Å². The van der Waals surface area contributed by atoms with Gasteiger partial charge in [-0.15, -0.1) is 0 Å². The molecule has 4 heterocycles. The molecule has 29 heavy (non-hydrogen) atoms. The summed E-state index contributed by atoms with van der Waals surface area (Å²) in [6.45, 7) is 6.82. The molecule has 154 valence electrons. The maximum atomic E-state index is 12.5. The van der Waals surface area contributed by atoms with E-state index in [1.807, 2.05) is 26.8 Å². The summed E-state index contributed by atoms with van der Waals surface area (Å²) in [5, 5.41) is 4.38. The highest BCUT2D eigenvalue weighted by atomic mass is 79.9. The molecule has 0 saturated carbocycles. The Balaban J connectivity index is 1.69. The topological polar surface area (TPSA) is 98.9 Å². The molecule has 3 aromatic heterocycles. The van der Waals surface area contributed by atoms with E-state index in [1.165, 1.54) is 0 Å². The molecular weight excluding hydrogens is 438 g/mol. The number of carbonyl (C=O) groups excluding carboxylic acids is 1. The fourth-order valence-electron chi connectivity index (χ4n) is 3.60. The van der Waals surface area contributed by atoms with E-state index in [9.17, 15) is 4.79 Å². The molecule has 0 aliphatic carbocycles. The largest absolute Gasteiger partial charge is 0.472 e. The Morgan fingerprint density at radius 1 is 1.41 bits per heavy atom. The highest BCUT2D eigenvalue weighted by Crippen LogP contribution is 2.36. The van der Waals surface area contributed by atoms with Crippen molar-refractivity contribution in [3.05, 3.63) is 35.0 Å². The van der Waals surface area contributed by atoms with Crippen LogP contribution >= 0.6 is 15.9 Å². The molecule has 1 atom stereocenters. The van der Waals surface area contributed by atoms with Gasteiger partial charge in [-0.2, -0.15) is 9.61 Å². The van der Waals surface area contributed by atoms with Crippen molar-refractivity contribution in [2.45, 2.75) is 45.1 Å². The summed E-state index contributed by atoms with van der Waals surface area (Å²) in [7, 11) is 0. The number of ether oxygens (including phenoxy) is 1. The van der Waals surface area contributed by atoms with Gasteiger partial charge in [-0.05, 0) is 55.6 Å². The van der Waals surface area contributed by atoms with Crippen molar-refractivity contribution in [1.82, 2.24) is 19.5 Å². The maximum absolute atomic E-state index is 12.5. The van der Waals surface area contributed by atoms with Crippen molar-refractivity contribution in [3.8, 4) is 11.1 Å². The molecule has 3 aromatic rings. The first-order valence-electron chi connectivity index (χ1n) is 9.57. The van der Waals surface area contributed by atoms with Crippen LogP contribution in [0.2, 0.25) is 0 Å². The lowest BCUT2D eigenvalue weighted by atomic mass is 9.94. The zero-order valence-corrected chi connectivity index (χ0v) is 18.3. The van der Waals surface area contributed by atoms with Crippen LogP contribution in [0.25, 0.3) is 16.8 Å². The molecule has 0 spiro atoms. The quantitative estimate of drug-likeness (QED) is 0.604. The van der Waals surface area contributed by atoms with Crippen LogP contribution in [-0.2, 0) is 4.74 Å². The van der Waals surface area contributed by atoms with Crippen LogP contribution in [0.15, 0.2) is 33.7 Å². The van der Waals surface area contributed by atoms with Gasteiger partial charge in [-0.1, -0.05) is 0 Å². The van der Waals surface area contributed by atoms with Crippen molar-refractivity contribution in [3.63, 3.8) is 0 Å². The van der Waals surface area contributed by atoms with Gasteiger partial charge in [0.15, 0.2) is 5.65 Å². The van der Waals surface area contributed by atoms with Crippen molar-refractivity contribution in [1.29, 1.82) is 0 Å². The molecule has 4 rings (SSSR count). The average Bonchev–Trinajstić information content (AvgIpc) is 3.32. The van der Waals surface area contributed by atoms with Crippen molar-refractivity contribution in [2.24, 2.45) is 0 Å². The number of amides is 1. The van der Waals surface area contributed by atoms with Gasteiger partial charge in [0.25, 0.3) is 0 Å². The molecule has 0 aromatic carbocycles. The number of rotatable bonds is 2. The molecule has 1 aliphatic heterocycles. The highest BCUT2D eigenvalue weighted by Gasteiger charge is 2.31. The Hall–Kier alpha value is -2.55. The minimum Gasteiger partial charge on any atom is -0.472 e. The van der Waals surface area contributed by atoms with Gasteiger partial charge >= 0.3 is 6.09 Å². The molecule has 1 saturated heterocycles. The van der Waals surface area contributed by atoms with E-state index in [0.717, 1.165) is 29.7 Å². The van der Waals surface area contributed by atoms with E-state index in [1.54, 1.807) is 28.1 Å². The lowest BCUT2D eigenvalue weighted by molar-refractivity contribution is 0.0197. The number of nitrogen functional groups attached to an aromatic ring is 1. The lowest BCUT2D eigenvalue weighted by Crippen LogP contribution is -2.42. The number of piperidine rings is 1. The Labute approximate surface area is 177 Å². The van der Waals surface area contributed by atoms with E-state index in [0.29, 0.717) is 29.0 Å². The number of likely N-dealkylation sites (tertiary alicyclic amines) is 1. The summed E-state index contributed by atoms with van der Waals surface area (Å²) in [6.07, 6.45) is 6.49. The number of anilines is 1. The number of fused-ring (bicyclic) bond motifs is 1. The Morgan fingerprint density at radius 2 is 2.21 bits per heavy atom. The second-order valence-electron chi connectivity index (χ2n) is 8.27. The van der Waals surface area contributed by atoms with Gasteiger partial charge < -0.3 is 19.8 Å². The van der Waals surface area contributed by atoms with E-state index in [-0.39, 0.29) is 12.0 Å². The van der Waals surface area contributed by atoms with E-state index in [2.05, 4.69) is 21.0 Å². The number of hydrogen-bond acceptors (Lipinski definition) is 6. The lowest BCUT2D eigenvalue weighted by Gasteiger charge is -2.34. The normalized spacial score (nSPS) is 17.7. The summed E-state index contributed by atoms with van der Waals surface area (Å²) < 4.78 is 13.1. The number of hydrogen-bond donors (Lipinski definition) is 1. The minimum atomic E-state index is -0.525. The van der Waals surface area contributed by atoms with Crippen LogP contribution in [-0.4, -0.2) is 44.3 Å². The predicted octanol–water partition coefficient (Wildman–Crippen LogP) is 4.45. The fourth-order valence-corrected chi connectivity index (χ4v) is 4.18. The monoisotopic (exact) mass is 461 g/mol. The Kier molecular flexibility index (Phi) is 5.02. The first-order chi connectivity index (χ1) is 13.7. The molecule has 0 radical (unpaired) electrons. The second-order valence-corrected chi connectivity index (χ2v) is 9.06. The summed E-state index contributed by atoms with van der Waals surface area (Å²) >= 11 is 3.60. The smallest absolute Gasteiger partial charge is 0.410 e. The van der Waals surface area contributed by atoms with Crippen LogP contribution in [0.1, 0.15) is 45.2 Å². The average molecular weight is 462 g/mol. The summed E-state index contributed by atoms with van der Waals surface area (Å²) in [4.78, 5) is 19.2. The molecular formula is C20H24BrN5O3. The minimum absolute atomic E-state index is 0.0463. The van der Waals surface area contributed by atoms with Crippen LogP contribution in [0.3, 0.4) is 0 Å². The predicted molar refractivity (Wildman–Crippen MR) is 113 cm³/mol. The van der Waals surface area contributed by atoms with Crippen LogP contribution < -0.4 is 5.73 Å². The highest BCUT2D eigenvalue weighted by molar-refractivity contribution is 9.10. The molecule has 1 amide bonds. The van der Waals surface area contributed by atoms with Crippen molar-refractivity contribution in [2.75, 3.05) is 18.8 Å². The van der Waals surface area contributed by atoms with Gasteiger partial charge in [0.2, 0.25) is 0 Å². The summed E-state index contributed by atoms with van der Waals surface area (Å²) in [5.74, 6) is 0.527. The number of halogens is 1. The zero-order chi connectivity index (χ0) is 20.8. The number of aromatic nitrogens is 3. The maximum Gasteiger partial charge on any atom is 0.410 e. The SMILES string of the molecule is CC(C)(C)OC(=O)N1CCCC(c2nc3c(-c4ccoc4)cnn3c(N)c2Br)C1. The van der Waals surface area contributed by atoms with Gasteiger partial charge in [-0.25, -0.2) is 9.78 Å². The Morgan fingerprint density at radius 3 is 2.90 bits per heavy atom. The first-order valence-corrected chi connectivity index (χ1v) is 10.4. The summed E-state index contributed by atoms with van der Waals surface area (Å²) in [6, 6.07) is 1.86.